The van der Waals surface area contributed by atoms with E-state index in [1.807, 2.05) is 54.6 Å². The first-order valence-corrected chi connectivity index (χ1v) is 11.1. The van der Waals surface area contributed by atoms with Crippen molar-refractivity contribution in [2.24, 2.45) is 0 Å². The number of nitrogens with zero attached hydrogens (tertiary/aromatic N) is 1. The Morgan fingerprint density at radius 3 is 2.09 bits per heavy atom. The van der Waals surface area contributed by atoms with Crippen molar-refractivity contribution in [3.05, 3.63) is 95.6 Å². The number of hydrogen-bond donors (Lipinski definition) is 1. The van der Waals surface area contributed by atoms with Gasteiger partial charge in [0.2, 0.25) is 0 Å². The zero-order valence-corrected chi connectivity index (χ0v) is 18.7. The van der Waals surface area contributed by atoms with Crippen molar-refractivity contribution in [1.82, 2.24) is 4.90 Å². The Labute approximate surface area is 190 Å². The molecular weight excluding hydrogens is 402 g/mol. The van der Waals surface area contributed by atoms with Crippen molar-refractivity contribution < 1.29 is 19.3 Å². The molecule has 1 aliphatic heterocycles. The summed E-state index contributed by atoms with van der Waals surface area (Å²) in [5.74, 6) is 1.29. The van der Waals surface area contributed by atoms with Crippen molar-refractivity contribution in [2.45, 2.75) is 24.5 Å². The summed E-state index contributed by atoms with van der Waals surface area (Å²) in [5, 5.41) is 9.83. The molecule has 1 fully saturated rings. The molecule has 3 aromatic rings. The van der Waals surface area contributed by atoms with Gasteiger partial charge in [-0.3, -0.25) is 4.90 Å². The van der Waals surface area contributed by atoms with Gasteiger partial charge in [-0.2, -0.15) is 0 Å². The van der Waals surface area contributed by atoms with E-state index in [1.165, 1.54) is 0 Å². The van der Waals surface area contributed by atoms with Crippen LogP contribution in [-0.2, 0) is 10.3 Å². The van der Waals surface area contributed by atoms with E-state index in [0.29, 0.717) is 18.2 Å². The molecule has 1 N–H and O–H groups in total. The maximum absolute atomic E-state index is 9.83. The van der Waals surface area contributed by atoms with Crippen LogP contribution in [0.4, 0.5) is 0 Å². The third-order valence-electron chi connectivity index (χ3n) is 6.30. The van der Waals surface area contributed by atoms with Crippen LogP contribution in [0.1, 0.15) is 29.5 Å². The predicted octanol–water partition coefficient (Wildman–Crippen LogP) is 4.43. The molecule has 0 radical (unpaired) electrons. The van der Waals surface area contributed by atoms with Gasteiger partial charge in [0, 0.05) is 18.2 Å². The van der Waals surface area contributed by atoms with E-state index < -0.39 is 5.60 Å². The van der Waals surface area contributed by atoms with E-state index in [4.69, 9.17) is 14.2 Å². The fraction of sp³-hybridized carbons (Fsp3) is 0.333. The van der Waals surface area contributed by atoms with Gasteiger partial charge >= 0.3 is 0 Å². The van der Waals surface area contributed by atoms with Crippen molar-refractivity contribution in [2.75, 3.05) is 34.1 Å². The molecule has 4 rings (SSSR count). The van der Waals surface area contributed by atoms with Crippen LogP contribution in [0, 0.1) is 0 Å². The van der Waals surface area contributed by atoms with Crippen molar-refractivity contribution in [3.63, 3.8) is 0 Å². The van der Waals surface area contributed by atoms with Crippen LogP contribution in [0.15, 0.2) is 78.9 Å². The van der Waals surface area contributed by atoms with E-state index in [-0.39, 0.29) is 12.6 Å². The summed E-state index contributed by atoms with van der Waals surface area (Å²) in [5.41, 5.74) is 1.94. The van der Waals surface area contributed by atoms with Crippen LogP contribution in [-0.4, -0.2) is 50.2 Å². The quantitative estimate of drug-likeness (QED) is 0.506. The van der Waals surface area contributed by atoms with Crippen molar-refractivity contribution in [1.29, 1.82) is 0 Å². The second-order valence-corrected chi connectivity index (χ2v) is 8.02. The molecule has 1 saturated heterocycles. The summed E-state index contributed by atoms with van der Waals surface area (Å²) in [7, 11) is 3.30. The largest absolute Gasteiger partial charge is 0.493 e. The van der Waals surface area contributed by atoms with E-state index in [0.717, 1.165) is 36.1 Å². The lowest BCUT2D eigenvalue weighted by atomic mass is 9.79. The van der Waals surface area contributed by atoms with Gasteiger partial charge in [0.15, 0.2) is 11.5 Å². The van der Waals surface area contributed by atoms with Gasteiger partial charge in [-0.1, -0.05) is 72.8 Å². The molecule has 168 valence electrons. The fourth-order valence-electron chi connectivity index (χ4n) is 4.68. The number of aliphatic hydroxyl groups excluding tert-OH is 1. The van der Waals surface area contributed by atoms with Crippen LogP contribution in [0.2, 0.25) is 0 Å². The number of benzene rings is 3. The predicted molar refractivity (Wildman–Crippen MR) is 125 cm³/mol. The molecule has 5 nitrogen and oxygen atoms in total. The second kappa shape index (κ2) is 10.2. The lowest BCUT2D eigenvalue weighted by molar-refractivity contribution is -0.0629. The minimum absolute atomic E-state index is 0.117. The molecular formula is C27H31NO4. The van der Waals surface area contributed by atoms with E-state index in [9.17, 15) is 5.11 Å². The summed E-state index contributed by atoms with van der Waals surface area (Å²) in [6.45, 7) is 1.42. The Hall–Kier alpha value is -2.86. The molecule has 0 amide bonds. The van der Waals surface area contributed by atoms with Gasteiger partial charge in [0.25, 0.3) is 0 Å². The zero-order chi connectivity index (χ0) is 22.4. The first kappa shape index (κ1) is 22.3. The highest BCUT2D eigenvalue weighted by Crippen LogP contribution is 2.47. The minimum atomic E-state index is -0.926. The van der Waals surface area contributed by atoms with Gasteiger partial charge < -0.3 is 19.3 Å². The van der Waals surface area contributed by atoms with Crippen molar-refractivity contribution >= 4 is 0 Å². The Balaban J connectivity index is 1.92. The molecule has 1 unspecified atom stereocenters. The number of ether oxygens (including phenoxy) is 3. The normalized spacial score (nSPS) is 16.8. The molecule has 0 bridgehead atoms. The van der Waals surface area contributed by atoms with Gasteiger partial charge in [-0.05, 0) is 30.0 Å². The van der Waals surface area contributed by atoms with Crippen molar-refractivity contribution in [3.8, 4) is 11.5 Å². The highest BCUT2D eigenvalue weighted by atomic mass is 16.5. The molecule has 0 aromatic heterocycles. The first-order valence-electron chi connectivity index (χ1n) is 11.1. The number of rotatable bonds is 9. The topological polar surface area (TPSA) is 51.2 Å². The summed E-state index contributed by atoms with van der Waals surface area (Å²) >= 11 is 0. The van der Waals surface area contributed by atoms with E-state index in [1.54, 1.807) is 14.2 Å². The van der Waals surface area contributed by atoms with Gasteiger partial charge in [-0.25, -0.2) is 0 Å². The number of aliphatic hydroxyl groups is 1. The number of methoxy groups -OCH3 is 2. The van der Waals surface area contributed by atoms with Gasteiger partial charge in [-0.15, -0.1) is 0 Å². The van der Waals surface area contributed by atoms with Crippen LogP contribution in [0.25, 0.3) is 0 Å². The van der Waals surface area contributed by atoms with Crippen LogP contribution in [0.3, 0.4) is 0 Å². The summed E-state index contributed by atoms with van der Waals surface area (Å²) in [6, 6.07) is 26.4. The number of likely N-dealkylation sites (tertiary alicyclic amines) is 1. The average Bonchev–Trinajstić information content (AvgIpc) is 3.33. The number of hydrogen-bond acceptors (Lipinski definition) is 5. The maximum Gasteiger partial charge on any atom is 0.167 e. The molecule has 1 atom stereocenters. The molecule has 5 heteroatoms. The SMILES string of the molecule is COc1cccc(C(OCN2CCCC2CO)(c2ccccc2)c2ccccc2)c1OC. The summed E-state index contributed by atoms with van der Waals surface area (Å²) < 4.78 is 18.4. The Bertz CT molecular complexity index is 954. The molecule has 3 aromatic carbocycles. The first-order chi connectivity index (χ1) is 15.7. The lowest BCUT2D eigenvalue weighted by Crippen LogP contribution is -2.41. The minimum Gasteiger partial charge on any atom is -0.493 e. The lowest BCUT2D eigenvalue weighted by Gasteiger charge is -2.38. The second-order valence-electron chi connectivity index (χ2n) is 8.02. The average molecular weight is 434 g/mol. The third kappa shape index (κ3) is 4.11. The highest BCUT2D eigenvalue weighted by Gasteiger charge is 2.42. The zero-order valence-electron chi connectivity index (χ0n) is 18.7. The molecule has 0 aliphatic carbocycles. The Kier molecular flexibility index (Phi) is 7.10. The molecule has 1 heterocycles. The smallest absolute Gasteiger partial charge is 0.167 e. The van der Waals surface area contributed by atoms with Gasteiger partial charge in [0.1, 0.15) is 12.3 Å². The monoisotopic (exact) mass is 433 g/mol. The van der Waals surface area contributed by atoms with Crippen LogP contribution < -0.4 is 9.47 Å². The summed E-state index contributed by atoms with van der Waals surface area (Å²) in [4.78, 5) is 2.22. The number of para-hydroxylation sites is 1. The highest BCUT2D eigenvalue weighted by molar-refractivity contribution is 5.57. The van der Waals surface area contributed by atoms with Crippen LogP contribution in [0.5, 0.6) is 11.5 Å². The molecule has 0 spiro atoms. The standard InChI is InChI=1S/C27H31NO4/c1-30-25-17-9-16-24(26(25)31-2)27(21-11-5-3-6-12-21,22-13-7-4-8-14-22)32-20-28-18-10-15-23(28)19-29/h3-9,11-14,16-17,23,29H,10,15,18-20H2,1-2H3. The van der Waals surface area contributed by atoms with Gasteiger partial charge in [0.05, 0.1) is 20.8 Å². The fourth-order valence-corrected chi connectivity index (χ4v) is 4.68. The molecule has 1 aliphatic rings. The summed E-state index contributed by atoms with van der Waals surface area (Å²) in [6.07, 6.45) is 2.03. The van der Waals surface area contributed by atoms with E-state index >= 15 is 0 Å². The Morgan fingerprint density at radius 1 is 0.875 bits per heavy atom. The van der Waals surface area contributed by atoms with Crippen LogP contribution >= 0.6 is 0 Å². The molecule has 0 saturated carbocycles. The van der Waals surface area contributed by atoms with E-state index in [2.05, 4.69) is 29.2 Å². The molecule has 32 heavy (non-hydrogen) atoms. The third-order valence-corrected chi connectivity index (χ3v) is 6.30. The Morgan fingerprint density at radius 2 is 1.53 bits per heavy atom. The maximum atomic E-state index is 9.83.